The van der Waals surface area contributed by atoms with Crippen molar-refractivity contribution in [1.82, 2.24) is 19.6 Å². The maximum absolute atomic E-state index is 12.1. The lowest BCUT2D eigenvalue weighted by atomic mass is 10.2. The molecule has 0 spiro atoms. The highest BCUT2D eigenvalue weighted by Gasteiger charge is 2.07. The third-order valence-corrected chi connectivity index (χ3v) is 3.75. The number of pyridine rings is 1. The Hall–Kier alpha value is -2.38. The van der Waals surface area contributed by atoms with Gasteiger partial charge < -0.3 is 4.74 Å². The monoisotopic (exact) mass is 314 g/mol. The van der Waals surface area contributed by atoms with Crippen molar-refractivity contribution in [3.63, 3.8) is 0 Å². The second-order valence-corrected chi connectivity index (χ2v) is 5.51. The van der Waals surface area contributed by atoms with Gasteiger partial charge in [0.1, 0.15) is 11.6 Å². The van der Waals surface area contributed by atoms with E-state index < -0.39 is 0 Å². The molecule has 22 heavy (non-hydrogen) atoms. The van der Waals surface area contributed by atoms with Crippen molar-refractivity contribution >= 4 is 28.4 Å². The van der Waals surface area contributed by atoms with Crippen molar-refractivity contribution in [2.45, 2.75) is 13.5 Å². The maximum atomic E-state index is 12.1. The molecule has 0 aromatic carbocycles. The largest absolute Gasteiger partial charge is 0.374 e. The van der Waals surface area contributed by atoms with Crippen LogP contribution in [0.25, 0.3) is 17.1 Å². The highest BCUT2D eigenvalue weighted by atomic mass is 32.1. The van der Waals surface area contributed by atoms with Gasteiger partial charge in [-0.15, -0.1) is 0 Å². The molecule has 112 valence electrons. The lowest BCUT2D eigenvalue weighted by Gasteiger charge is -1.94. The van der Waals surface area contributed by atoms with Gasteiger partial charge in [-0.2, -0.15) is 9.61 Å². The molecule has 0 aliphatic carbocycles. The summed E-state index contributed by atoms with van der Waals surface area (Å²) in [6.45, 7) is 2.92. The van der Waals surface area contributed by atoms with Crippen LogP contribution in [0.5, 0.6) is 0 Å². The van der Waals surface area contributed by atoms with Crippen molar-refractivity contribution in [1.29, 1.82) is 0 Å². The average Bonchev–Trinajstić information content (AvgIpc) is 2.95. The Morgan fingerprint density at radius 2 is 2.32 bits per heavy atom. The lowest BCUT2D eigenvalue weighted by Crippen LogP contribution is -2.14. The molecule has 0 saturated carbocycles. The molecule has 0 aliphatic heterocycles. The fourth-order valence-electron chi connectivity index (χ4n) is 1.86. The van der Waals surface area contributed by atoms with Crippen LogP contribution in [0.2, 0.25) is 0 Å². The number of fused-ring (bicyclic) bond motifs is 1. The van der Waals surface area contributed by atoms with E-state index in [1.165, 1.54) is 21.9 Å². The van der Waals surface area contributed by atoms with E-state index in [1.54, 1.807) is 18.5 Å². The Labute approximate surface area is 130 Å². The topological polar surface area (TPSA) is 69.4 Å². The van der Waals surface area contributed by atoms with Crippen LogP contribution in [-0.4, -0.2) is 26.2 Å². The second-order valence-electron chi connectivity index (χ2n) is 4.47. The predicted molar refractivity (Wildman–Crippen MR) is 85.6 cm³/mol. The van der Waals surface area contributed by atoms with E-state index in [-0.39, 0.29) is 5.56 Å². The van der Waals surface area contributed by atoms with Gasteiger partial charge in [0.2, 0.25) is 4.96 Å². The van der Waals surface area contributed by atoms with Gasteiger partial charge in [-0.1, -0.05) is 23.5 Å². The van der Waals surface area contributed by atoms with Gasteiger partial charge in [0, 0.05) is 25.1 Å². The lowest BCUT2D eigenvalue weighted by molar-refractivity contribution is 0.133. The first kappa shape index (κ1) is 14.6. The summed E-state index contributed by atoms with van der Waals surface area (Å²) in [6, 6.07) is 5.25. The normalized spacial score (nSPS) is 11.5. The van der Waals surface area contributed by atoms with Gasteiger partial charge in [-0.25, -0.2) is 4.98 Å². The molecule has 0 saturated heterocycles. The van der Waals surface area contributed by atoms with Gasteiger partial charge >= 0.3 is 0 Å². The van der Waals surface area contributed by atoms with Crippen molar-refractivity contribution in [3.05, 3.63) is 57.2 Å². The Kier molecular flexibility index (Phi) is 4.36. The molecule has 0 radical (unpaired) electrons. The number of hydrogen-bond donors (Lipinski definition) is 0. The van der Waals surface area contributed by atoms with Crippen molar-refractivity contribution in [3.8, 4) is 0 Å². The first-order valence-corrected chi connectivity index (χ1v) is 7.63. The molecule has 3 rings (SSSR count). The minimum Gasteiger partial charge on any atom is -0.374 e. The van der Waals surface area contributed by atoms with Crippen molar-refractivity contribution < 1.29 is 4.74 Å². The van der Waals surface area contributed by atoms with Crippen molar-refractivity contribution in [2.24, 2.45) is 0 Å². The van der Waals surface area contributed by atoms with Crippen LogP contribution in [0, 0.1) is 0 Å². The third-order valence-electron chi connectivity index (χ3n) is 2.87. The SMILES string of the molecule is CCOCc1nn2c(=O)cc(/C=C/c3cccnc3)nc2s1. The van der Waals surface area contributed by atoms with Gasteiger partial charge in [0.25, 0.3) is 5.56 Å². The molecule has 0 amide bonds. The third kappa shape index (κ3) is 3.26. The van der Waals surface area contributed by atoms with E-state index in [0.29, 0.717) is 23.9 Å². The zero-order chi connectivity index (χ0) is 15.4. The fraction of sp³-hybridized carbons (Fsp3) is 0.200. The summed E-state index contributed by atoms with van der Waals surface area (Å²) < 4.78 is 6.61. The summed E-state index contributed by atoms with van der Waals surface area (Å²) >= 11 is 1.36. The fourth-order valence-corrected chi connectivity index (χ4v) is 2.70. The van der Waals surface area contributed by atoms with E-state index >= 15 is 0 Å². The number of hydrogen-bond acceptors (Lipinski definition) is 6. The predicted octanol–water partition coefficient (Wildman–Crippen LogP) is 2.25. The first-order valence-electron chi connectivity index (χ1n) is 6.82. The summed E-state index contributed by atoms with van der Waals surface area (Å²) in [5.74, 6) is 0. The minimum atomic E-state index is -0.199. The molecule has 3 aromatic rings. The number of nitrogens with zero attached hydrogens (tertiary/aromatic N) is 4. The van der Waals surface area contributed by atoms with Gasteiger partial charge in [-0.3, -0.25) is 9.78 Å². The van der Waals surface area contributed by atoms with Gasteiger partial charge in [-0.05, 0) is 24.6 Å². The Morgan fingerprint density at radius 3 is 3.09 bits per heavy atom. The molecule has 0 fully saturated rings. The Morgan fingerprint density at radius 1 is 1.41 bits per heavy atom. The minimum absolute atomic E-state index is 0.199. The summed E-state index contributed by atoms with van der Waals surface area (Å²) in [4.78, 5) is 21.1. The Balaban J connectivity index is 1.91. The van der Waals surface area contributed by atoms with Crippen LogP contribution >= 0.6 is 11.3 Å². The van der Waals surface area contributed by atoms with E-state index in [1.807, 2.05) is 25.1 Å². The molecular weight excluding hydrogens is 300 g/mol. The maximum Gasteiger partial charge on any atom is 0.275 e. The summed E-state index contributed by atoms with van der Waals surface area (Å²) in [5, 5.41) is 4.95. The van der Waals surface area contributed by atoms with Crippen LogP contribution in [0.4, 0.5) is 0 Å². The zero-order valence-corrected chi connectivity index (χ0v) is 12.8. The molecule has 3 heterocycles. The second kappa shape index (κ2) is 6.59. The number of ether oxygens (including phenoxy) is 1. The molecule has 3 aromatic heterocycles. The first-order chi connectivity index (χ1) is 10.8. The molecule has 0 bridgehead atoms. The molecule has 6 nitrogen and oxygen atoms in total. The van der Waals surface area contributed by atoms with Crippen LogP contribution < -0.4 is 5.56 Å². The number of aromatic nitrogens is 4. The molecule has 0 N–H and O–H groups in total. The van der Waals surface area contributed by atoms with Gasteiger partial charge in [0.05, 0.1) is 5.69 Å². The van der Waals surface area contributed by atoms with Gasteiger partial charge in [0.15, 0.2) is 0 Å². The summed E-state index contributed by atoms with van der Waals surface area (Å²) in [6.07, 6.45) is 7.12. The van der Waals surface area contributed by atoms with E-state index in [0.717, 1.165) is 10.6 Å². The zero-order valence-electron chi connectivity index (χ0n) is 12.0. The van der Waals surface area contributed by atoms with E-state index in [4.69, 9.17) is 4.74 Å². The van der Waals surface area contributed by atoms with Crippen LogP contribution in [0.15, 0.2) is 35.4 Å². The highest BCUT2D eigenvalue weighted by Crippen LogP contribution is 2.13. The molecule has 0 unspecified atom stereocenters. The Bertz CT molecular complexity index is 855. The van der Waals surface area contributed by atoms with Crippen LogP contribution in [0.3, 0.4) is 0 Å². The summed E-state index contributed by atoms with van der Waals surface area (Å²) in [5.41, 5.74) is 1.35. The summed E-state index contributed by atoms with van der Waals surface area (Å²) in [7, 11) is 0. The highest BCUT2D eigenvalue weighted by molar-refractivity contribution is 7.16. The standard InChI is InChI=1S/C15H14N4O2S/c1-2-21-10-13-18-19-14(20)8-12(17-15(19)22-13)6-5-11-4-3-7-16-9-11/h3-9H,2,10H2,1H3/b6-5+. The quantitative estimate of drug-likeness (QED) is 0.722. The van der Waals surface area contributed by atoms with Crippen molar-refractivity contribution in [2.75, 3.05) is 6.61 Å². The van der Waals surface area contributed by atoms with E-state index in [9.17, 15) is 4.79 Å². The molecule has 0 atom stereocenters. The molecule has 0 aliphatic rings. The molecular formula is C15H14N4O2S. The smallest absolute Gasteiger partial charge is 0.275 e. The number of rotatable bonds is 5. The van der Waals surface area contributed by atoms with Crippen LogP contribution in [-0.2, 0) is 11.3 Å². The average molecular weight is 314 g/mol. The van der Waals surface area contributed by atoms with E-state index in [2.05, 4.69) is 15.1 Å². The molecule has 7 heteroatoms. The van der Waals surface area contributed by atoms with Crippen LogP contribution in [0.1, 0.15) is 23.2 Å².